The van der Waals surface area contributed by atoms with Crippen LogP contribution in [-0.2, 0) is 16.0 Å². The standard InChI is InChI=1S/C16H19N3O3/c1-22-16(21)13-7-4-9-19(13)10-8-14-17-12-6-3-2-5-11(12)15(20)18-14/h2-3,5-6,13H,4,7-10H2,1H3,(H,17,18,20). The van der Waals surface area contributed by atoms with E-state index in [4.69, 9.17) is 4.74 Å². The lowest BCUT2D eigenvalue weighted by Crippen LogP contribution is -2.38. The molecular weight excluding hydrogens is 282 g/mol. The third-order valence-corrected chi connectivity index (χ3v) is 4.13. The number of rotatable bonds is 4. The molecule has 0 aliphatic carbocycles. The number of hydrogen-bond donors (Lipinski definition) is 1. The van der Waals surface area contributed by atoms with Crippen LogP contribution in [0.1, 0.15) is 18.7 Å². The van der Waals surface area contributed by atoms with Gasteiger partial charge in [0.2, 0.25) is 0 Å². The van der Waals surface area contributed by atoms with E-state index >= 15 is 0 Å². The Morgan fingerprint density at radius 2 is 2.27 bits per heavy atom. The molecule has 6 nitrogen and oxygen atoms in total. The fourth-order valence-corrected chi connectivity index (χ4v) is 3.00. The van der Waals surface area contributed by atoms with Crippen LogP contribution in [0.2, 0.25) is 0 Å². The first-order valence-electron chi connectivity index (χ1n) is 7.49. The summed E-state index contributed by atoms with van der Waals surface area (Å²) in [6.45, 7) is 1.55. The summed E-state index contributed by atoms with van der Waals surface area (Å²) >= 11 is 0. The van der Waals surface area contributed by atoms with E-state index in [0.29, 0.717) is 29.7 Å². The summed E-state index contributed by atoms with van der Waals surface area (Å²) in [5, 5.41) is 0.597. The van der Waals surface area contributed by atoms with Gasteiger partial charge in [-0.25, -0.2) is 4.98 Å². The quantitative estimate of drug-likeness (QED) is 0.856. The molecule has 6 heteroatoms. The topological polar surface area (TPSA) is 75.3 Å². The molecule has 1 N–H and O–H groups in total. The minimum Gasteiger partial charge on any atom is -0.468 e. The number of carbonyl (C=O) groups is 1. The van der Waals surface area contributed by atoms with Crippen LogP contribution < -0.4 is 5.56 Å². The van der Waals surface area contributed by atoms with Crippen molar-refractivity contribution in [3.63, 3.8) is 0 Å². The fraction of sp³-hybridized carbons (Fsp3) is 0.438. The highest BCUT2D eigenvalue weighted by molar-refractivity contribution is 5.77. The van der Waals surface area contributed by atoms with Crippen molar-refractivity contribution in [2.45, 2.75) is 25.3 Å². The minimum atomic E-state index is -0.183. The molecule has 3 rings (SSSR count). The van der Waals surface area contributed by atoms with Crippen molar-refractivity contribution in [2.24, 2.45) is 0 Å². The van der Waals surface area contributed by atoms with Crippen LogP contribution in [0.4, 0.5) is 0 Å². The zero-order chi connectivity index (χ0) is 15.5. The maximum atomic E-state index is 12.0. The minimum absolute atomic E-state index is 0.119. The van der Waals surface area contributed by atoms with E-state index in [1.165, 1.54) is 7.11 Å². The van der Waals surface area contributed by atoms with Gasteiger partial charge in [-0.05, 0) is 31.5 Å². The number of benzene rings is 1. The zero-order valence-electron chi connectivity index (χ0n) is 12.5. The van der Waals surface area contributed by atoms with Crippen LogP contribution in [0.15, 0.2) is 29.1 Å². The molecule has 0 saturated carbocycles. The van der Waals surface area contributed by atoms with Crippen molar-refractivity contribution >= 4 is 16.9 Å². The Balaban J connectivity index is 1.74. The number of likely N-dealkylation sites (tertiary alicyclic amines) is 1. The number of H-pyrrole nitrogens is 1. The SMILES string of the molecule is COC(=O)C1CCCN1CCc1nc2ccccc2c(=O)[nH]1. The summed E-state index contributed by atoms with van der Waals surface area (Å²) in [7, 11) is 1.42. The van der Waals surface area contributed by atoms with E-state index in [1.807, 2.05) is 18.2 Å². The number of carbonyl (C=O) groups excluding carboxylic acids is 1. The van der Waals surface area contributed by atoms with Gasteiger partial charge in [0.1, 0.15) is 11.9 Å². The van der Waals surface area contributed by atoms with Gasteiger partial charge in [0.05, 0.1) is 18.0 Å². The van der Waals surface area contributed by atoms with E-state index in [1.54, 1.807) is 6.07 Å². The van der Waals surface area contributed by atoms with Gasteiger partial charge in [0.25, 0.3) is 5.56 Å². The van der Waals surface area contributed by atoms with Crippen LogP contribution in [0.5, 0.6) is 0 Å². The van der Waals surface area contributed by atoms with Gasteiger partial charge in [-0.3, -0.25) is 14.5 Å². The number of hydrogen-bond acceptors (Lipinski definition) is 5. The van der Waals surface area contributed by atoms with E-state index in [0.717, 1.165) is 19.4 Å². The highest BCUT2D eigenvalue weighted by atomic mass is 16.5. The zero-order valence-corrected chi connectivity index (χ0v) is 12.5. The molecule has 1 aromatic heterocycles. The highest BCUT2D eigenvalue weighted by Gasteiger charge is 2.31. The normalized spacial score (nSPS) is 18.7. The molecule has 0 bridgehead atoms. The number of para-hydroxylation sites is 1. The third-order valence-electron chi connectivity index (χ3n) is 4.13. The summed E-state index contributed by atoms with van der Waals surface area (Å²) in [4.78, 5) is 33.2. The summed E-state index contributed by atoms with van der Waals surface area (Å²) in [5.74, 6) is 0.469. The van der Waals surface area contributed by atoms with E-state index in [2.05, 4.69) is 14.9 Å². The molecule has 0 radical (unpaired) electrons. The van der Waals surface area contributed by atoms with E-state index < -0.39 is 0 Å². The third kappa shape index (κ3) is 2.87. The fourth-order valence-electron chi connectivity index (χ4n) is 3.00. The number of fused-ring (bicyclic) bond motifs is 1. The first-order valence-corrected chi connectivity index (χ1v) is 7.49. The van der Waals surface area contributed by atoms with Crippen molar-refractivity contribution in [3.8, 4) is 0 Å². The number of aromatic amines is 1. The van der Waals surface area contributed by atoms with Crippen molar-refractivity contribution < 1.29 is 9.53 Å². The number of nitrogens with one attached hydrogen (secondary N) is 1. The molecule has 1 unspecified atom stereocenters. The number of ether oxygens (including phenoxy) is 1. The second-order valence-electron chi connectivity index (χ2n) is 5.50. The second-order valence-corrected chi connectivity index (χ2v) is 5.50. The molecule has 2 heterocycles. The van der Waals surface area contributed by atoms with Gasteiger partial charge in [0.15, 0.2) is 0 Å². The van der Waals surface area contributed by atoms with E-state index in [-0.39, 0.29) is 17.6 Å². The Labute approximate surface area is 128 Å². The largest absolute Gasteiger partial charge is 0.468 e. The van der Waals surface area contributed by atoms with Crippen LogP contribution in [0.25, 0.3) is 10.9 Å². The number of esters is 1. The first-order chi connectivity index (χ1) is 10.7. The number of aromatic nitrogens is 2. The maximum Gasteiger partial charge on any atom is 0.323 e. The lowest BCUT2D eigenvalue weighted by Gasteiger charge is -2.21. The Morgan fingerprint density at radius 3 is 3.09 bits per heavy atom. The highest BCUT2D eigenvalue weighted by Crippen LogP contribution is 2.18. The van der Waals surface area contributed by atoms with Gasteiger partial charge in [0, 0.05) is 13.0 Å². The van der Waals surface area contributed by atoms with Crippen LogP contribution >= 0.6 is 0 Å². The summed E-state index contributed by atoms with van der Waals surface area (Å²) < 4.78 is 4.84. The molecule has 0 spiro atoms. The molecule has 116 valence electrons. The summed E-state index contributed by atoms with van der Waals surface area (Å²) in [5.41, 5.74) is 0.582. The van der Waals surface area contributed by atoms with Crippen molar-refractivity contribution in [3.05, 3.63) is 40.4 Å². The summed E-state index contributed by atoms with van der Waals surface area (Å²) in [6.07, 6.45) is 2.42. The van der Waals surface area contributed by atoms with Crippen molar-refractivity contribution in [2.75, 3.05) is 20.2 Å². The van der Waals surface area contributed by atoms with E-state index in [9.17, 15) is 9.59 Å². The Kier molecular flexibility index (Phi) is 4.20. The predicted molar refractivity (Wildman–Crippen MR) is 82.7 cm³/mol. The second kappa shape index (κ2) is 6.27. The number of methoxy groups -OCH3 is 1. The summed E-state index contributed by atoms with van der Waals surface area (Å²) in [6, 6.07) is 7.12. The first kappa shape index (κ1) is 14.7. The molecule has 1 aromatic carbocycles. The lowest BCUT2D eigenvalue weighted by atomic mass is 10.2. The van der Waals surface area contributed by atoms with Gasteiger partial charge in [-0.15, -0.1) is 0 Å². The van der Waals surface area contributed by atoms with Gasteiger partial charge in [-0.2, -0.15) is 0 Å². The molecular formula is C16H19N3O3. The van der Waals surface area contributed by atoms with Crippen LogP contribution in [-0.4, -0.2) is 47.1 Å². The van der Waals surface area contributed by atoms with Gasteiger partial charge >= 0.3 is 5.97 Å². The molecule has 1 aliphatic rings. The molecule has 2 aromatic rings. The smallest absolute Gasteiger partial charge is 0.323 e. The molecule has 0 amide bonds. The van der Waals surface area contributed by atoms with Gasteiger partial charge < -0.3 is 9.72 Å². The van der Waals surface area contributed by atoms with Crippen molar-refractivity contribution in [1.29, 1.82) is 0 Å². The van der Waals surface area contributed by atoms with Crippen molar-refractivity contribution in [1.82, 2.24) is 14.9 Å². The lowest BCUT2D eigenvalue weighted by molar-refractivity contribution is -0.145. The molecule has 1 fully saturated rings. The van der Waals surface area contributed by atoms with Crippen LogP contribution in [0, 0.1) is 0 Å². The average Bonchev–Trinajstić information content (AvgIpc) is 3.01. The molecule has 1 aliphatic heterocycles. The molecule has 1 saturated heterocycles. The number of nitrogens with zero attached hydrogens (tertiary/aromatic N) is 2. The van der Waals surface area contributed by atoms with Crippen LogP contribution in [0.3, 0.4) is 0 Å². The predicted octanol–water partition coefficient (Wildman–Crippen LogP) is 1.10. The molecule has 22 heavy (non-hydrogen) atoms. The molecule has 1 atom stereocenters. The van der Waals surface area contributed by atoms with Gasteiger partial charge in [-0.1, -0.05) is 12.1 Å². The average molecular weight is 301 g/mol. The monoisotopic (exact) mass is 301 g/mol. The Morgan fingerprint density at radius 1 is 1.45 bits per heavy atom. The Hall–Kier alpha value is -2.21. The Bertz CT molecular complexity index is 741. The maximum absolute atomic E-state index is 12.0.